The van der Waals surface area contributed by atoms with Gasteiger partial charge in [0.15, 0.2) is 0 Å². The molecule has 1 atom stereocenters. The Balaban J connectivity index is 1.59. The van der Waals surface area contributed by atoms with E-state index in [2.05, 4.69) is 80.6 Å². The lowest BCUT2D eigenvalue weighted by Gasteiger charge is -2.33. The van der Waals surface area contributed by atoms with Crippen molar-refractivity contribution in [3.8, 4) is 11.3 Å². The van der Waals surface area contributed by atoms with Crippen molar-refractivity contribution < 1.29 is 4.74 Å². The molecule has 0 amide bonds. The molecule has 1 N–H and O–H groups in total. The summed E-state index contributed by atoms with van der Waals surface area (Å²) in [5.41, 5.74) is 9.12. The van der Waals surface area contributed by atoms with E-state index in [-0.39, 0.29) is 6.04 Å². The zero-order valence-electron chi connectivity index (χ0n) is 20.6. The van der Waals surface area contributed by atoms with Crippen LogP contribution in [0.5, 0.6) is 0 Å². The average molecular weight is 476 g/mol. The number of pyridine rings is 1. The number of benzene rings is 2. The number of hydrogen-bond donors (Lipinski definition) is 1. The lowest BCUT2D eigenvalue weighted by atomic mass is 9.86. The number of aromatic amines is 1. The minimum Gasteiger partial charge on any atom is -0.381 e. The van der Waals surface area contributed by atoms with Crippen LogP contribution in [0.2, 0.25) is 0 Å². The molecule has 1 aliphatic heterocycles. The predicted octanol–water partition coefficient (Wildman–Crippen LogP) is 6.40. The summed E-state index contributed by atoms with van der Waals surface area (Å²) in [6, 6.07) is 20.1. The quantitative estimate of drug-likeness (QED) is 0.321. The van der Waals surface area contributed by atoms with Gasteiger partial charge >= 0.3 is 0 Å². The molecule has 2 aromatic carbocycles. The Hall–Kier alpha value is -3.90. The van der Waals surface area contributed by atoms with E-state index >= 15 is 0 Å². The van der Waals surface area contributed by atoms with Gasteiger partial charge in [0.2, 0.25) is 0 Å². The van der Waals surface area contributed by atoms with Crippen molar-refractivity contribution in [2.75, 3.05) is 13.2 Å². The lowest BCUT2D eigenvalue weighted by Crippen LogP contribution is -2.26. The molecule has 6 heteroatoms. The highest BCUT2D eigenvalue weighted by molar-refractivity contribution is 6.19. The number of nitrogens with one attached hydrogen (secondary N) is 1. The first kappa shape index (κ1) is 21.4. The number of aromatic nitrogens is 5. The Morgan fingerprint density at radius 2 is 1.83 bits per heavy atom. The number of ether oxygens (including phenoxy) is 1. The molecule has 6 nitrogen and oxygen atoms in total. The summed E-state index contributed by atoms with van der Waals surface area (Å²) >= 11 is 0. The number of fused-ring (bicyclic) bond motifs is 5. The van der Waals surface area contributed by atoms with E-state index in [1.54, 1.807) is 0 Å². The van der Waals surface area contributed by atoms with Crippen molar-refractivity contribution in [1.29, 1.82) is 0 Å². The third-order valence-electron chi connectivity index (χ3n) is 7.86. The second-order valence-electron chi connectivity index (χ2n) is 9.96. The van der Waals surface area contributed by atoms with Gasteiger partial charge in [0.25, 0.3) is 0 Å². The highest BCUT2D eigenvalue weighted by atomic mass is 16.5. The molecule has 4 aromatic heterocycles. The molecule has 6 aromatic rings. The van der Waals surface area contributed by atoms with Crippen molar-refractivity contribution in [2.24, 2.45) is 13.0 Å². The second-order valence-corrected chi connectivity index (χ2v) is 9.96. The van der Waals surface area contributed by atoms with Gasteiger partial charge in [-0.2, -0.15) is 0 Å². The van der Waals surface area contributed by atoms with Crippen molar-refractivity contribution >= 4 is 32.8 Å². The van der Waals surface area contributed by atoms with Crippen LogP contribution in [0.3, 0.4) is 0 Å². The van der Waals surface area contributed by atoms with Crippen LogP contribution in [0.15, 0.2) is 73.3 Å². The molecule has 0 bridgehead atoms. The number of nitrogens with zero attached hydrogens (tertiary/aromatic N) is 4. The molecule has 1 fully saturated rings. The van der Waals surface area contributed by atoms with Crippen molar-refractivity contribution in [1.82, 2.24) is 24.1 Å². The van der Waals surface area contributed by atoms with Gasteiger partial charge in [-0.05, 0) is 55.5 Å². The Labute approximate surface area is 209 Å². The maximum absolute atomic E-state index is 5.78. The molecule has 5 heterocycles. The third-order valence-corrected chi connectivity index (χ3v) is 7.86. The van der Waals surface area contributed by atoms with Crippen LogP contribution in [0, 0.1) is 12.8 Å². The Morgan fingerprint density at radius 3 is 2.61 bits per heavy atom. The first-order valence-corrected chi connectivity index (χ1v) is 12.7. The molecular formula is C30H29N5O. The van der Waals surface area contributed by atoms with E-state index in [4.69, 9.17) is 9.72 Å². The van der Waals surface area contributed by atoms with Gasteiger partial charge in [0.05, 0.1) is 40.3 Å². The van der Waals surface area contributed by atoms with Crippen molar-refractivity contribution in [3.05, 3.63) is 84.6 Å². The van der Waals surface area contributed by atoms with Gasteiger partial charge in [-0.3, -0.25) is 4.98 Å². The van der Waals surface area contributed by atoms with Crippen molar-refractivity contribution in [2.45, 2.75) is 25.8 Å². The molecule has 7 rings (SSSR count). The molecule has 0 radical (unpaired) electrons. The third kappa shape index (κ3) is 3.21. The van der Waals surface area contributed by atoms with Gasteiger partial charge in [-0.1, -0.05) is 30.3 Å². The molecule has 1 saturated heterocycles. The summed E-state index contributed by atoms with van der Waals surface area (Å²) in [6.45, 7) is 3.68. The second kappa shape index (κ2) is 8.35. The molecule has 180 valence electrons. The van der Waals surface area contributed by atoms with Gasteiger partial charge in [0, 0.05) is 54.5 Å². The fraction of sp³-hybridized carbons (Fsp3) is 0.267. The normalized spacial score (nSPS) is 15.8. The summed E-state index contributed by atoms with van der Waals surface area (Å²) in [6.07, 6.45) is 7.99. The van der Waals surface area contributed by atoms with Crippen LogP contribution >= 0.6 is 0 Å². The number of aryl methyl sites for hydroxylation is 2. The molecule has 0 saturated carbocycles. The van der Waals surface area contributed by atoms with E-state index in [0.717, 1.165) is 59.6 Å². The number of hydrogen-bond acceptors (Lipinski definition) is 3. The van der Waals surface area contributed by atoms with E-state index in [9.17, 15) is 0 Å². The maximum Gasteiger partial charge on any atom is 0.0967 e. The topological polar surface area (TPSA) is 60.7 Å². The van der Waals surface area contributed by atoms with Crippen LogP contribution in [0.1, 0.15) is 30.1 Å². The van der Waals surface area contributed by atoms with Gasteiger partial charge in [-0.25, -0.2) is 4.98 Å². The van der Waals surface area contributed by atoms with E-state index < -0.39 is 0 Å². The van der Waals surface area contributed by atoms with Gasteiger partial charge < -0.3 is 18.9 Å². The van der Waals surface area contributed by atoms with Gasteiger partial charge in [0.1, 0.15) is 0 Å². The first-order chi connectivity index (χ1) is 17.7. The lowest BCUT2D eigenvalue weighted by molar-refractivity contribution is 0.0553. The minimum absolute atomic E-state index is 0.191. The maximum atomic E-state index is 5.78. The molecule has 1 aliphatic rings. The highest BCUT2D eigenvalue weighted by Gasteiger charge is 2.30. The van der Waals surface area contributed by atoms with E-state index in [1.807, 2.05) is 25.8 Å². The Bertz CT molecular complexity index is 1680. The van der Waals surface area contributed by atoms with Crippen LogP contribution in [0.4, 0.5) is 0 Å². The van der Waals surface area contributed by atoms with Crippen LogP contribution < -0.4 is 0 Å². The van der Waals surface area contributed by atoms with Crippen molar-refractivity contribution in [3.63, 3.8) is 0 Å². The molecule has 0 spiro atoms. The monoisotopic (exact) mass is 475 g/mol. The fourth-order valence-corrected chi connectivity index (χ4v) is 6.23. The van der Waals surface area contributed by atoms with Crippen LogP contribution in [-0.4, -0.2) is 37.3 Å². The fourth-order valence-electron chi connectivity index (χ4n) is 6.23. The predicted molar refractivity (Wildman–Crippen MR) is 144 cm³/mol. The van der Waals surface area contributed by atoms with Crippen LogP contribution in [-0.2, 0) is 11.8 Å². The SMILES string of the molecule is Cc1ncn(C)c1-c1cnc2c3c4cc[nH]c4ccc3n([C@H](c3ccccc3)C3CCOCC3)c2c1. The zero-order chi connectivity index (χ0) is 24.2. The van der Waals surface area contributed by atoms with E-state index in [0.29, 0.717) is 5.92 Å². The molecular weight excluding hydrogens is 446 g/mol. The number of imidazole rings is 1. The standard InChI is InChI=1S/C30H29N5O/c1-19-29(34(2)18-33-19)22-16-26-28(32-17-22)27-23-10-13-31-24(23)8-9-25(27)35(26)30(20-6-4-3-5-7-20)21-11-14-36-15-12-21/h3-10,13,16-18,21,30-31H,11-12,14-15H2,1-2H3/t30-/m1/s1. The van der Waals surface area contributed by atoms with Crippen LogP contribution in [0.25, 0.3) is 44.1 Å². The summed E-state index contributed by atoms with van der Waals surface area (Å²) in [5, 5.41) is 2.43. The summed E-state index contributed by atoms with van der Waals surface area (Å²) in [5.74, 6) is 0.476. The molecule has 0 aliphatic carbocycles. The Morgan fingerprint density at radius 1 is 1.00 bits per heavy atom. The summed E-state index contributed by atoms with van der Waals surface area (Å²) in [4.78, 5) is 13.1. The summed E-state index contributed by atoms with van der Waals surface area (Å²) < 4.78 is 10.4. The highest BCUT2D eigenvalue weighted by Crippen LogP contribution is 2.42. The first-order valence-electron chi connectivity index (χ1n) is 12.7. The minimum atomic E-state index is 0.191. The molecule has 36 heavy (non-hydrogen) atoms. The largest absolute Gasteiger partial charge is 0.381 e. The number of rotatable bonds is 4. The van der Waals surface area contributed by atoms with E-state index in [1.165, 1.54) is 21.9 Å². The number of H-pyrrole nitrogens is 1. The Kier molecular flexibility index (Phi) is 4.96. The van der Waals surface area contributed by atoms with Gasteiger partial charge in [-0.15, -0.1) is 0 Å². The summed E-state index contributed by atoms with van der Waals surface area (Å²) in [7, 11) is 2.05. The average Bonchev–Trinajstić information content (AvgIpc) is 3.61. The smallest absolute Gasteiger partial charge is 0.0967 e. The molecule has 0 unspecified atom stereocenters. The zero-order valence-corrected chi connectivity index (χ0v) is 20.6.